The first-order valence-corrected chi connectivity index (χ1v) is 8.02. The van der Waals surface area contributed by atoms with Crippen molar-refractivity contribution in [3.63, 3.8) is 0 Å². The second-order valence-corrected chi connectivity index (χ2v) is 7.05. The van der Waals surface area contributed by atoms with Crippen LogP contribution in [-0.4, -0.2) is 38.4 Å². The van der Waals surface area contributed by atoms with Gasteiger partial charge in [0.15, 0.2) is 0 Å². The van der Waals surface area contributed by atoms with Crippen LogP contribution in [0.4, 0.5) is 0 Å². The molecule has 2 heterocycles. The lowest BCUT2D eigenvalue weighted by Gasteiger charge is -2.22. The predicted molar refractivity (Wildman–Crippen MR) is 70.5 cm³/mol. The Balaban J connectivity index is 1.78. The summed E-state index contributed by atoms with van der Waals surface area (Å²) in [7, 11) is -3.17. The molecule has 5 heteroatoms. The number of fused-ring (bicyclic) bond motifs is 1. The van der Waals surface area contributed by atoms with Gasteiger partial charge in [0.2, 0.25) is 10.0 Å². The fourth-order valence-electron chi connectivity index (χ4n) is 3.02. The number of benzene rings is 1. The van der Waals surface area contributed by atoms with Gasteiger partial charge in [-0.15, -0.1) is 0 Å². The van der Waals surface area contributed by atoms with E-state index >= 15 is 0 Å². The van der Waals surface area contributed by atoms with Gasteiger partial charge < -0.3 is 5.32 Å². The first kappa shape index (κ1) is 12.1. The van der Waals surface area contributed by atoms with Crippen LogP contribution in [0.25, 0.3) is 0 Å². The molecule has 0 unspecified atom stereocenters. The van der Waals surface area contributed by atoms with Crippen LogP contribution >= 0.6 is 0 Å². The molecule has 1 aromatic carbocycles. The minimum Gasteiger partial charge on any atom is -0.315 e. The zero-order valence-corrected chi connectivity index (χ0v) is 11.1. The molecule has 2 aliphatic rings. The largest absolute Gasteiger partial charge is 0.315 e. The topological polar surface area (TPSA) is 49.4 Å². The number of nitrogens with zero attached hydrogens (tertiary/aromatic N) is 1. The van der Waals surface area contributed by atoms with Crippen LogP contribution in [-0.2, 0) is 15.8 Å². The second kappa shape index (κ2) is 4.64. The van der Waals surface area contributed by atoms with Gasteiger partial charge in [0.25, 0.3) is 0 Å². The summed E-state index contributed by atoms with van der Waals surface area (Å²) in [5.74, 6) is 0.632. The van der Waals surface area contributed by atoms with E-state index in [0.29, 0.717) is 12.5 Å². The first-order valence-electron chi connectivity index (χ1n) is 6.41. The molecule has 2 aliphatic heterocycles. The van der Waals surface area contributed by atoms with Gasteiger partial charge in [-0.3, -0.25) is 0 Å². The molecule has 3 rings (SSSR count). The minimum atomic E-state index is -3.17. The molecule has 1 aromatic rings. The Morgan fingerprint density at radius 2 is 2.00 bits per heavy atom. The smallest absolute Gasteiger partial charge is 0.218 e. The van der Waals surface area contributed by atoms with E-state index in [0.717, 1.165) is 25.1 Å². The van der Waals surface area contributed by atoms with Crippen LogP contribution in [0.15, 0.2) is 30.3 Å². The quantitative estimate of drug-likeness (QED) is 0.881. The number of hydrogen-bond donors (Lipinski definition) is 1. The standard InChI is InChI=1S/C13H18N2O2S/c16-18(17,10-11-4-2-1-3-5-11)15-7-6-12-8-14-9-13(12)15/h1-5,12-14H,6-10H2/t12-,13+/m0/s1. The molecule has 4 nitrogen and oxygen atoms in total. The highest BCUT2D eigenvalue weighted by Crippen LogP contribution is 2.30. The Kier molecular flexibility index (Phi) is 3.13. The van der Waals surface area contributed by atoms with Crippen molar-refractivity contribution in [2.24, 2.45) is 5.92 Å². The Hall–Kier alpha value is -0.910. The van der Waals surface area contributed by atoms with E-state index in [4.69, 9.17) is 0 Å². The normalized spacial score (nSPS) is 28.4. The van der Waals surface area contributed by atoms with Crippen molar-refractivity contribution in [1.82, 2.24) is 9.62 Å². The molecule has 0 saturated carbocycles. The van der Waals surface area contributed by atoms with E-state index in [9.17, 15) is 8.42 Å². The number of sulfonamides is 1. The lowest BCUT2D eigenvalue weighted by atomic mass is 10.1. The highest BCUT2D eigenvalue weighted by atomic mass is 32.2. The van der Waals surface area contributed by atoms with Crippen LogP contribution in [0.5, 0.6) is 0 Å². The van der Waals surface area contributed by atoms with Crippen molar-refractivity contribution in [2.75, 3.05) is 19.6 Å². The van der Waals surface area contributed by atoms with Crippen molar-refractivity contribution in [3.05, 3.63) is 35.9 Å². The molecule has 0 amide bonds. The summed E-state index contributed by atoms with van der Waals surface area (Å²) in [5.41, 5.74) is 0.868. The van der Waals surface area contributed by atoms with E-state index in [-0.39, 0.29) is 11.8 Å². The monoisotopic (exact) mass is 266 g/mol. The lowest BCUT2D eigenvalue weighted by molar-refractivity contribution is 0.382. The predicted octanol–water partition coefficient (Wildman–Crippen LogP) is 0.810. The Morgan fingerprint density at radius 1 is 1.22 bits per heavy atom. The van der Waals surface area contributed by atoms with E-state index < -0.39 is 10.0 Å². The highest BCUT2D eigenvalue weighted by molar-refractivity contribution is 7.88. The van der Waals surface area contributed by atoms with Gasteiger partial charge in [-0.1, -0.05) is 30.3 Å². The third-order valence-electron chi connectivity index (χ3n) is 3.94. The van der Waals surface area contributed by atoms with Crippen molar-refractivity contribution >= 4 is 10.0 Å². The summed E-state index contributed by atoms with van der Waals surface area (Å²) in [5, 5.41) is 3.28. The summed E-state index contributed by atoms with van der Waals surface area (Å²) < 4.78 is 26.6. The molecule has 2 fully saturated rings. The van der Waals surface area contributed by atoms with Crippen LogP contribution in [0.3, 0.4) is 0 Å². The van der Waals surface area contributed by atoms with Crippen molar-refractivity contribution < 1.29 is 8.42 Å². The average molecular weight is 266 g/mol. The molecule has 1 N–H and O–H groups in total. The van der Waals surface area contributed by atoms with Crippen LogP contribution in [0, 0.1) is 5.92 Å². The molecule has 98 valence electrons. The zero-order chi connectivity index (χ0) is 12.6. The summed E-state index contributed by atoms with van der Waals surface area (Å²) in [6, 6.07) is 9.60. The summed E-state index contributed by atoms with van der Waals surface area (Å²) in [4.78, 5) is 0. The van der Waals surface area contributed by atoms with Gasteiger partial charge in [-0.25, -0.2) is 8.42 Å². The van der Waals surface area contributed by atoms with Gasteiger partial charge >= 0.3 is 0 Å². The molecule has 0 aromatic heterocycles. The van der Waals surface area contributed by atoms with Gasteiger partial charge in [0, 0.05) is 19.1 Å². The van der Waals surface area contributed by atoms with Crippen molar-refractivity contribution in [3.8, 4) is 0 Å². The van der Waals surface area contributed by atoms with Crippen molar-refractivity contribution in [2.45, 2.75) is 18.2 Å². The summed E-state index contributed by atoms with van der Waals surface area (Å²) >= 11 is 0. The molecule has 0 aliphatic carbocycles. The van der Waals surface area contributed by atoms with Crippen LogP contribution < -0.4 is 5.32 Å². The minimum absolute atomic E-state index is 0.122. The summed E-state index contributed by atoms with van der Waals surface area (Å²) in [6.45, 7) is 2.45. The average Bonchev–Trinajstić information content (AvgIpc) is 2.90. The van der Waals surface area contributed by atoms with Gasteiger partial charge in [-0.2, -0.15) is 4.31 Å². The zero-order valence-electron chi connectivity index (χ0n) is 10.2. The van der Waals surface area contributed by atoms with Crippen LogP contribution in [0.1, 0.15) is 12.0 Å². The summed E-state index contributed by atoms with van der Waals surface area (Å²) in [6.07, 6.45) is 0.992. The molecule has 0 bridgehead atoms. The molecule has 0 radical (unpaired) electrons. The first-order chi connectivity index (χ1) is 8.67. The molecule has 2 atom stereocenters. The van der Waals surface area contributed by atoms with E-state index in [2.05, 4.69) is 5.32 Å². The molecule has 18 heavy (non-hydrogen) atoms. The third kappa shape index (κ3) is 2.18. The Morgan fingerprint density at radius 3 is 2.78 bits per heavy atom. The number of rotatable bonds is 3. The van der Waals surface area contributed by atoms with E-state index in [1.807, 2.05) is 30.3 Å². The number of hydrogen-bond acceptors (Lipinski definition) is 3. The second-order valence-electron chi connectivity index (χ2n) is 5.13. The van der Waals surface area contributed by atoms with Crippen molar-refractivity contribution in [1.29, 1.82) is 0 Å². The third-order valence-corrected chi connectivity index (χ3v) is 5.81. The van der Waals surface area contributed by atoms with Crippen LogP contribution in [0.2, 0.25) is 0 Å². The fourth-order valence-corrected chi connectivity index (χ4v) is 4.85. The lowest BCUT2D eigenvalue weighted by Crippen LogP contribution is -2.39. The maximum atomic E-state index is 12.4. The number of nitrogens with one attached hydrogen (secondary N) is 1. The molecular weight excluding hydrogens is 248 g/mol. The Labute approximate surface area is 108 Å². The SMILES string of the molecule is O=S(=O)(Cc1ccccc1)N1CC[C@H]2CNC[C@H]21. The van der Waals surface area contributed by atoms with Gasteiger partial charge in [0.1, 0.15) is 0 Å². The van der Waals surface area contributed by atoms with E-state index in [1.54, 1.807) is 4.31 Å². The highest BCUT2D eigenvalue weighted by Gasteiger charge is 2.42. The van der Waals surface area contributed by atoms with Gasteiger partial charge in [-0.05, 0) is 24.4 Å². The fraction of sp³-hybridized carbons (Fsp3) is 0.538. The van der Waals surface area contributed by atoms with Gasteiger partial charge in [0.05, 0.1) is 5.75 Å². The molecule has 0 spiro atoms. The van der Waals surface area contributed by atoms with E-state index in [1.165, 1.54) is 0 Å². The molecule has 2 saturated heterocycles. The maximum absolute atomic E-state index is 12.4. The maximum Gasteiger partial charge on any atom is 0.218 e. The molecular formula is C13H18N2O2S. The Bertz CT molecular complexity index is 515.